The Balaban J connectivity index is 1.20. The zero-order valence-corrected chi connectivity index (χ0v) is 18.2. The van der Waals surface area contributed by atoms with Crippen molar-refractivity contribution in [3.63, 3.8) is 0 Å². The van der Waals surface area contributed by atoms with Crippen molar-refractivity contribution in [3.05, 3.63) is 42.9 Å². The van der Waals surface area contributed by atoms with E-state index in [4.69, 9.17) is 4.74 Å². The van der Waals surface area contributed by atoms with Crippen LogP contribution in [0.2, 0.25) is 0 Å². The van der Waals surface area contributed by atoms with Crippen LogP contribution in [0.15, 0.2) is 42.9 Å². The van der Waals surface area contributed by atoms with Crippen LogP contribution in [0.25, 0.3) is 10.9 Å². The molecule has 0 saturated carbocycles. The van der Waals surface area contributed by atoms with Gasteiger partial charge in [-0.1, -0.05) is 0 Å². The third kappa shape index (κ3) is 4.61. The smallest absolute Gasteiger partial charge is 0.415 e. The first-order valence-electron chi connectivity index (χ1n) is 11.2. The van der Waals surface area contributed by atoms with Crippen LogP contribution in [0, 0.1) is 0 Å². The lowest BCUT2D eigenvalue weighted by Gasteiger charge is -2.36. The molecule has 4 heterocycles. The topological polar surface area (TPSA) is 113 Å². The number of rotatable bonds is 4. The number of anilines is 1. The Hall–Kier alpha value is -3.66. The summed E-state index contributed by atoms with van der Waals surface area (Å²) < 4.78 is 6.96. The first-order valence-corrected chi connectivity index (χ1v) is 11.2. The molecule has 2 aliphatic heterocycles. The number of piperidine rings is 1. The summed E-state index contributed by atoms with van der Waals surface area (Å²) in [6, 6.07) is 8.77. The number of urea groups is 1. The normalized spacial score (nSPS) is 17.4. The van der Waals surface area contributed by atoms with Gasteiger partial charge in [0.15, 0.2) is 0 Å². The number of nitrogens with zero attached hydrogens (tertiary/aromatic N) is 5. The summed E-state index contributed by atoms with van der Waals surface area (Å²) in [7, 11) is 0. The Morgan fingerprint density at radius 2 is 1.82 bits per heavy atom. The lowest BCUT2D eigenvalue weighted by molar-refractivity contribution is 0.140. The van der Waals surface area contributed by atoms with Crippen LogP contribution >= 0.6 is 0 Å². The number of hydrogen-bond donors (Lipinski definition) is 2. The van der Waals surface area contributed by atoms with E-state index in [9.17, 15) is 14.7 Å². The Labute approximate surface area is 190 Å². The van der Waals surface area contributed by atoms with Gasteiger partial charge in [-0.15, -0.1) is 0 Å². The molecular weight excluding hydrogens is 424 g/mol. The third-order valence-electron chi connectivity index (χ3n) is 6.38. The number of carboxylic acid groups (broad SMARTS) is 1. The number of amides is 2. The van der Waals surface area contributed by atoms with Crippen molar-refractivity contribution >= 4 is 28.8 Å². The zero-order valence-electron chi connectivity index (χ0n) is 18.2. The molecule has 2 aromatic heterocycles. The number of ether oxygens (including phenoxy) is 1. The summed E-state index contributed by atoms with van der Waals surface area (Å²) in [5, 5.41) is 12.8. The van der Waals surface area contributed by atoms with E-state index in [-0.39, 0.29) is 11.9 Å². The molecule has 2 amide bonds. The van der Waals surface area contributed by atoms with Gasteiger partial charge >= 0.3 is 12.1 Å². The van der Waals surface area contributed by atoms with Crippen molar-refractivity contribution in [2.75, 3.05) is 31.5 Å². The van der Waals surface area contributed by atoms with Gasteiger partial charge in [-0.3, -0.25) is 9.88 Å². The maximum Gasteiger partial charge on any atom is 0.415 e. The van der Waals surface area contributed by atoms with Crippen molar-refractivity contribution < 1.29 is 19.4 Å². The van der Waals surface area contributed by atoms with Gasteiger partial charge in [0.05, 0.1) is 5.52 Å². The first-order chi connectivity index (χ1) is 16.1. The van der Waals surface area contributed by atoms with Crippen molar-refractivity contribution in [2.45, 2.75) is 31.7 Å². The lowest BCUT2D eigenvalue weighted by Crippen LogP contribution is -2.47. The average Bonchev–Trinajstić information content (AvgIpc) is 3.49. The largest absolute Gasteiger partial charge is 0.464 e. The molecule has 1 aromatic carbocycles. The molecule has 33 heavy (non-hydrogen) atoms. The molecule has 2 fully saturated rings. The summed E-state index contributed by atoms with van der Waals surface area (Å²) in [6.07, 6.45) is 6.33. The summed E-state index contributed by atoms with van der Waals surface area (Å²) in [5.41, 5.74) is 0.569. The number of hydrogen-bond acceptors (Lipinski definition) is 6. The highest BCUT2D eigenvalue weighted by Gasteiger charge is 2.28. The van der Waals surface area contributed by atoms with E-state index in [1.54, 1.807) is 30.3 Å². The van der Waals surface area contributed by atoms with Gasteiger partial charge in [0.2, 0.25) is 5.88 Å². The van der Waals surface area contributed by atoms with Crippen LogP contribution in [0.3, 0.4) is 0 Å². The van der Waals surface area contributed by atoms with Crippen LogP contribution in [-0.2, 0) is 0 Å². The minimum absolute atomic E-state index is 0.170. The van der Waals surface area contributed by atoms with Crippen LogP contribution in [0.5, 0.6) is 11.6 Å². The standard InChI is InChI=1S/C23H26N6O4/c30-22(28-10-6-17(7-11-28)27-8-1-2-9-27)26-20-14-21(25-15-24-20)33-18-3-4-19-16(13-18)5-12-29(19)23(31)32/h3-5,12-15,17H,1-2,6-11H2,(H,31,32)(H,24,25,26,30). The van der Waals surface area contributed by atoms with Crippen LogP contribution < -0.4 is 10.1 Å². The molecule has 0 radical (unpaired) electrons. The average molecular weight is 450 g/mol. The molecular formula is C23H26N6O4. The van der Waals surface area contributed by atoms with Crippen LogP contribution in [0.1, 0.15) is 25.7 Å². The molecule has 2 saturated heterocycles. The van der Waals surface area contributed by atoms with Crippen molar-refractivity contribution in [1.82, 2.24) is 24.3 Å². The maximum absolute atomic E-state index is 12.7. The summed E-state index contributed by atoms with van der Waals surface area (Å²) >= 11 is 0. The Morgan fingerprint density at radius 3 is 2.58 bits per heavy atom. The summed E-state index contributed by atoms with van der Waals surface area (Å²) in [6.45, 7) is 3.83. The number of nitrogens with one attached hydrogen (secondary N) is 1. The molecule has 0 bridgehead atoms. The summed E-state index contributed by atoms with van der Waals surface area (Å²) in [4.78, 5) is 36.6. The van der Waals surface area contributed by atoms with Gasteiger partial charge in [0.25, 0.3) is 0 Å². The Morgan fingerprint density at radius 1 is 1.03 bits per heavy atom. The zero-order chi connectivity index (χ0) is 22.8. The minimum Gasteiger partial charge on any atom is -0.464 e. The number of carbonyl (C=O) groups is 2. The van der Waals surface area contributed by atoms with Gasteiger partial charge in [-0.2, -0.15) is 0 Å². The second kappa shape index (κ2) is 9.07. The maximum atomic E-state index is 12.7. The molecule has 3 aromatic rings. The number of carbonyl (C=O) groups excluding carboxylic acids is 1. The molecule has 10 nitrogen and oxygen atoms in total. The van der Waals surface area contributed by atoms with Crippen molar-refractivity contribution in [3.8, 4) is 11.6 Å². The minimum atomic E-state index is -1.05. The van der Waals surface area contributed by atoms with Crippen molar-refractivity contribution in [2.24, 2.45) is 0 Å². The van der Waals surface area contributed by atoms with Gasteiger partial charge < -0.3 is 19.6 Å². The molecule has 2 N–H and O–H groups in total. The van der Waals surface area contributed by atoms with E-state index in [2.05, 4.69) is 20.2 Å². The van der Waals surface area contributed by atoms with Crippen LogP contribution in [-0.4, -0.2) is 73.8 Å². The molecule has 0 atom stereocenters. The Kier molecular flexibility index (Phi) is 5.82. The molecule has 2 aliphatic rings. The quantitative estimate of drug-likeness (QED) is 0.621. The van der Waals surface area contributed by atoms with Gasteiger partial charge in [0.1, 0.15) is 17.9 Å². The highest BCUT2D eigenvalue weighted by atomic mass is 16.5. The lowest BCUT2D eigenvalue weighted by atomic mass is 10.0. The van der Waals surface area contributed by atoms with E-state index >= 15 is 0 Å². The van der Waals surface area contributed by atoms with Gasteiger partial charge in [0, 0.05) is 36.8 Å². The fraction of sp³-hybridized carbons (Fsp3) is 0.391. The molecule has 5 rings (SSSR count). The van der Waals surface area contributed by atoms with E-state index < -0.39 is 6.09 Å². The van der Waals surface area contributed by atoms with E-state index in [0.717, 1.165) is 35.9 Å². The SMILES string of the molecule is O=C(Nc1cc(Oc2ccc3c(ccn3C(=O)O)c2)ncn1)N1CCC(N2CCCC2)CC1. The van der Waals surface area contributed by atoms with E-state index in [1.807, 2.05) is 4.90 Å². The molecule has 172 valence electrons. The van der Waals surface area contributed by atoms with Gasteiger partial charge in [-0.05, 0) is 63.0 Å². The monoisotopic (exact) mass is 450 g/mol. The van der Waals surface area contributed by atoms with Crippen LogP contribution in [0.4, 0.5) is 15.4 Å². The fourth-order valence-corrected chi connectivity index (χ4v) is 4.66. The Bertz CT molecular complexity index is 1160. The second-order valence-electron chi connectivity index (χ2n) is 8.42. The first kappa shape index (κ1) is 21.2. The fourth-order valence-electron chi connectivity index (χ4n) is 4.66. The third-order valence-corrected chi connectivity index (χ3v) is 6.38. The second-order valence-corrected chi connectivity index (χ2v) is 8.42. The molecule has 0 aliphatic carbocycles. The highest BCUT2D eigenvalue weighted by Crippen LogP contribution is 2.26. The van der Waals surface area contributed by atoms with Gasteiger partial charge in [-0.25, -0.2) is 19.6 Å². The van der Waals surface area contributed by atoms with Crippen molar-refractivity contribution in [1.29, 1.82) is 0 Å². The summed E-state index contributed by atoms with van der Waals surface area (Å²) in [5.74, 6) is 1.15. The van der Waals surface area contributed by atoms with E-state index in [1.165, 1.54) is 38.5 Å². The van der Waals surface area contributed by atoms with E-state index in [0.29, 0.717) is 23.1 Å². The number of fused-ring (bicyclic) bond motifs is 1. The number of aromatic nitrogens is 3. The molecule has 10 heteroatoms. The highest BCUT2D eigenvalue weighted by molar-refractivity contribution is 5.90. The number of likely N-dealkylation sites (tertiary alicyclic amines) is 2. The predicted octanol–water partition coefficient (Wildman–Crippen LogP) is 3.84. The number of benzene rings is 1. The predicted molar refractivity (Wildman–Crippen MR) is 122 cm³/mol. The molecule has 0 unspecified atom stereocenters. The molecule has 0 spiro atoms.